The molecule has 0 aromatic rings. The minimum atomic E-state index is 0.880. The molecule has 1 nitrogen and oxygen atoms in total. The highest BCUT2D eigenvalue weighted by Crippen LogP contribution is 2.28. The molecule has 1 N–H and O–H groups in total. The lowest BCUT2D eigenvalue weighted by Crippen LogP contribution is -2.55. The van der Waals surface area contributed by atoms with E-state index in [0.29, 0.717) is 0 Å². The summed E-state index contributed by atoms with van der Waals surface area (Å²) in [6.07, 6.45) is 5.79. The highest BCUT2D eigenvalue weighted by molar-refractivity contribution is 8.00. The molecule has 2 heteroatoms. The maximum absolute atomic E-state index is 3.49. The number of nitrogens with one attached hydrogen (secondary N) is 1. The van der Waals surface area contributed by atoms with Crippen molar-refractivity contribution in [2.45, 2.75) is 37.0 Å². The molecule has 58 valence electrons. The van der Waals surface area contributed by atoms with E-state index in [4.69, 9.17) is 0 Å². The van der Waals surface area contributed by atoms with E-state index in [9.17, 15) is 0 Å². The lowest BCUT2D eigenvalue weighted by molar-refractivity contribution is 0.349. The average molecular weight is 157 g/mol. The van der Waals surface area contributed by atoms with E-state index >= 15 is 0 Å². The highest BCUT2D eigenvalue weighted by Gasteiger charge is 2.30. The summed E-state index contributed by atoms with van der Waals surface area (Å²) < 4.78 is 0. The molecular weight excluding hydrogens is 142 g/mol. The summed E-state index contributed by atoms with van der Waals surface area (Å²) >= 11 is 2.18. The van der Waals surface area contributed by atoms with Crippen LogP contribution in [0, 0.1) is 0 Å². The van der Waals surface area contributed by atoms with Crippen molar-refractivity contribution in [3.63, 3.8) is 0 Å². The molecule has 0 aliphatic carbocycles. The second kappa shape index (κ2) is 3.14. The largest absolute Gasteiger partial charge is 0.312 e. The maximum Gasteiger partial charge on any atom is 0.0326 e. The van der Waals surface area contributed by atoms with Gasteiger partial charge in [-0.05, 0) is 18.6 Å². The Kier molecular flexibility index (Phi) is 2.19. The minimum Gasteiger partial charge on any atom is -0.312 e. The van der Waals surface area contributed by atoms with Gasteiger partial charge in [0.1, 0.15) is 0 Å². The second-order valence-electron chi connectivity index (χ2n) is 3.27. The average Bonchev–Trinajstić information content (AvgIpc) is 1.89. The molecular formula is C8H15NS. The Bertz CT molecular complexity index is 102. The molecule has 2 heterocycles. The molecule has 2 saturated heterocycles. The molecule has 0 aromatic carbocycles. The van der Waals surface area contributed by atoms with Crippen LogP contribution in [0.15, 0.2) is 0 Å². The molecule has 2 unspecified atom stereocenters. The van der Waals surface area contributed by atoms with E-state index in [2.05, 4.69) is 17.1 Å². The van der Waals surface area contributed by atoms with E-state index in [1.165, 1.54) is 38.0 Å². The fraction of sp³-hybridized carbons (Fsp3) is 1.00. The van der Waals surface area contributed by atoms with Crippen LogP contribution in [0.1, 0.15) is 25.7 Å². The van der Waals surface area contributed by atoms with E-state index in [0.717, 1.165) is 11.3 Å². The summed E-state index contributed by atoms with van der Waals surface area (Å²) in [7, 11) is 0. The van der Waals surface area contributed by atoms with Crippen LogP contribution < -0.4 is 5.32 Å². The minimum absolute atomic E-state index is 0.880. The number of hydrogen-bond donors (Lipinski definition) is 1. The van der Waals surface area contributed by atoms with Crippen molar-refractivity contribution in [3.05, 3.63) is 0 Å². The topological polar surface area (TPSA) is 12.0 Å². The van der Waals surface area contributed by atoms with Gasteiger partial charge in [-0.2, -0.15) is 11.8 Å². The van der Waals surface area contributed by atoms with E-state index < -0.39 is 0 Å². The molecule has 0 aromatic heterocycles. The summed E-state index contributed by atoms with van der Waals surface area (Å²) in [5.74, 6) is 1.41. The van der Waals surface area contributed by atoms with Crippen LogP contribution in [0.5, 0.6) is 0 Å². The molecule has 2 fully saturated rings. The molecule has 0 amide bonds. The Balaban J connectivity index is 1.83. The third-order valence-corrected chi connectivity index (χ3v) is 3.97. The van der Waals surface area contributed by atoms with Crippen molar-refractivity contribution < 1.29 is 0 Å². The first-order valence-electron chi connectivity index (χ1n) is 4.32. The van der Waals surface area contributed by atoms with Crippen LogP contribution in [-0.2, 0) is 0 Å². The van der Waals surface area contributed by atoms with Gasteiger partial charge in [0.25, 0.3) is 0 Å². The highest BCUT2D eigenvalue weighted by atomic mass is 32.2. The Morgan fingerprint density at radius 1 is 1.20 bits per heavy atom. The van der Waals surface area contributed by atoms with Crippen molar-refractivity contribution in [1.82, 2.24) is 5.32 Å². The second-order valence-corrected chi connectivity index (χ2v) is 4.62. The first kappa shape index (κ1) is 6.99. The smallest absolute Gasteiger partial charge is 0.0326 e. The first-order chi connectivity index (χ1) is 4.97. The van der Waals surface area contributed by atoms with Crippen molar-refractivity contribution in [1.29, 1.82) is 0 Å². The van der Waals surface area contributed by atoms with E-state index in [1.807, 2.05) is 0 Å². The number of hydrogen-bond acceptors (Lipinski definition) is 2. The summed E-state index contributed by atoms with van der Waals surface area (Å²) in [5.41, 5.74) is 0. The zero-order chi connectivity index (χ0) is 6.81. The molecule has 2 rings (SSSR count). The molecule has 2 aliphatic rings. The quantitative estimate of drug-likeness (QED) is 0.573. The molecule has 0 spiro atoms. The Hall–Kier alpha value is 0.310. The van der Waals surface area contributed by atoms with Crippen molar-refractivity contribution in [2.75, 3.05) is 12.3 Å². The summed E-state index contributed by atoms with van der Waals surface area (Å²) in [6.45, 7) is 1.27. The van der Waals surface area contributed by atoms with E-state index in [-0.39, 0.29) is 0 Å². The molecule has 0 radical (unpaired) electrons. The number of thioether (sulfide) groups is 1. The van der Waals surface area contributed by atoms with Crippen LogP contribution in [0.2, 0.25) is 0 Å². The van der Waals surface area contributed by atoms with Crippen molar-refractivity contribution in [2.24, 2.45) is 0 Å². The third kappa shape index (κ3) is 1.32. The normalized spacial score (nSPS) is 40.8. The molecule has 10 heavy (non-hydrogen) atoms. The maximum atomic E-state index is 3.49. The number of rotatable bonds is 0. The van der Waals surface area contributed by atoms with Gasteiger partial charge in [-0.15, -0.1) is 0 Å². The van der Waals surface area contributed by atoms with Crippen LogP contribution in [0.3, 0.4) is 0 Å². The first-order valence-corrected chi connectivity index (χ1v) is 5.37. The van der Waals surface area contributed by atoms with Crippen molar-refractivity contribution >= 4 is 11.8 Å². The van der Waals surface area contributed by atoms with Crippen LogP contribution in [0.25, 0.3) is 0 Å². The van der Waals surface area contributed by atoms with Gasteiger partial charge in [-0.25, -0.2) is 0 Å². The summed E-state index contributed by atoms with van der Waals surface area (Å²) in [5, 5.41) is 4.47. The Morgan fingerprint density at radius 2 is 2.20 bits per heavy atom. The monoisotopic (exact) mass is 157 g/mol. The van der Waals surface area contributed by atoms with Crippen molar-refractivity contribution in [3.8, 4) is 0 Å². The fourth-order valence-electron chi connectivity index (χ4n) is 1.72. The molecule has 2 aliphatic heterocycles. The van der Waals surface area contributed by atoms with Gasteiger partial charge in [-0.1, -0.05) is 12.8 Å². The molecule has 0 saturated carbocycles. The SMILES string of the molecule is C1CCSC2CNC2CC1. The predicted octanol–water partition coefficient (Wildman–Crippen LogP) is 1.63. The van der Waals surface area contributed by atoms with Gasteiger partial charge in [0.15, 0.2) is 0 Å². The van der Waals surface area contributed by atoms with E-state index in [1.54, 1.807) is 0 Å². The molecule has 0 bridgehead atoms. The van der Waals surface area contributed by atoms with Gasteiger partial charge in [-0.3, -0.25) is 0 Å². The zero-order valence-corrected chi connectivity index (χ0v) is 7.12. The van der Waals surface area contributed by atoms with Crippen LogP contribution in [-0.4, -0.2) is 23.6 Å². The zero-order valence-electron chi connectivity index (χ0n) is 6.31. The van der Waals surface area contributed by atoms with Crippen LogP contribution in [0.4, 0.5) is 0 Å². The summed E-state index contributed by atoms with van der Waals surface area (Å²) in [4.78, 5) is 0. The van der Waals surface area contributed by atoms with Gasteiger partial charge in [0.2, 0.25) is 0 Å². The Morgan fingerprint density at radius 3 is 3.00 bits per heavy atom. The fourth-order valence-corrected chi connectivity index (χ4v) is 3.07. The Labute approximate surface area is 67.0 Å². The van der Waals surface area contributed by atoms with Gasteiger partial charge in [0, 0.05) is 17.8 Å². The third-order valence-electron chi connectivity index (χ3n) is 2.52. The van der Waals surface area contributed by atoms with Crippen LogP contribution >= 0.6 is 11.8 Å². The lowest BCUT2D eigenvalue weighted by Gasteiger charge is -2.39. The van der Waals surface area contributed by atoms with Gasteiger partial charge >= 0.3 is 0 Å². The lowest BCUT2D eigenvalue weighted by atomic mass is 9.99. The van der Waals surface area contributed by atoms with Gasteiger partial charge < -0.3 is 5.32 Å². The molecule has 2 atom stereocenters. The predicted molar refractivity (Wildman–Crippen MR) is 46.5 cm³/mol. The summed E-state index contributed by atoms with van der Waals surface area (Å²) in [6, 6.07) is 0.880. The number of fused-ring (bicyclic) bond motifs is 1. The van der Waals surface area contributed by atoms with Gasteiger partial charge in [0.05, 0.1) is 0 Å². The standard InChI is InChI=1S/C8H15NS/c1-2-4-7-8(6-9-7)10-5-3-1/h7-9H,1-6H2.